The predicted octanol–water partition coefficient (Wildman–Crippen LogP) is 4.05. The van der Waals surface area contributed by atoms with Crippen molar-refractivity contribution >= 4 is 40.7 Å². The second-order valence-electron chi connectivity index (χ2n) is 9.11. The van der Waals surface area contributed by atoms with Gasteiger partial charge in [0.25, 0.3) is 11.8 Å². The van der Waals surface area contributed by atoms with E-state index in [1.807, 2.05) is 6.07 Å². The number of carbonyl (C=O) groups excluding carboxylic acids is 2. The quantitative estimate of drug-likeness (QED) is 0.537. The van der Waals surface area contributed by atoms with Crippen LogP contribution < -0.4 is 16.0 Å². The fourth-order valence-corrected chi connectivity index (χ4v) is 4.68. The molecule has 2 aromatic carbocycles. The van der Waals surface area contributed by atoms with Crippen LogP contribution in [0.25, 0.3) is 0 Å². The first-order chi connectivity index (χ1) is 17.7. The number of alkyl halides is 3. The molecular weight excluding hydrogens is 511 g/mol. The van der Waals surface area contributed by atoms with Crippen LogP contribution in [0.3, 0.4) is 0 Å². The number of anilines is 2. The molecule has 1 aliphatic carbocycles. The van der Waals surface area contributed by atoms with Gasteiger partial charge in [-0.3, -0.25) is 19.9 Å². The molecule has 12 heteroatoms. The van der Waals surface area contributed by atoms with Gasteiger partial charge in [-0.1, -0.05) is 17.7 Å². The molecule has 0 spiro atoms. The number of rotatable bonds is 5. The van der Waals surface area contributed by atoms with Gasteiger partial charge >= 0.3 is 6.18 Å². The first-order valence-electron chi connectivity index (χ1n) is 12.0. The normalized spacial score (nSPS) is 19.7. The summed E-state index contributed by atoms with van der Waals surface area (Å²) in [5.41, 5.74) is 2.46. The van der Waals surface area contributed by atoms with Gasteiger partial charge in [-0.2, -0.15) is 13.2 Å². The average molecular weight is 536 g/mol. The summed E-state index contributed by atoms with van der Waals surface area (Å²) < 4.78 is 45.5. The molecule has 1 saturated carbocycles. The molecule has 1 saturated heterocycles. The molecule has 2 aliphatic heterocycles. The molecular formula is C25H25ClF3N5O3. The van der Waals surface area contributed by atoms with Gasteiger partial charge in [0.15, 0.2) is 12.0 Å². The summed E-state index contributed by atoms with van der Waals surface area (Å²) >= 11 is 6.55. The third-order valence-electron chi connectivity index (χ3n) is 6.50. The minimum atomic E-state index is -4.62. The number of nitrogens with one attached hydrogen (secondary N) is 3. The number of morpholine rings is 1. The van der Waals surface area contributed by atoms with Crippen LogP contribution in [-0.4, -0.2) is 67.7 Å². The summed E-state index contributed by atoms with van der Waals surface area (Å²) in [7, 11) is 0. The van der Waals surface area contributed by atoms with Crippen molar-refractivity contribution in [2.24, 2.45) is 4.99 Å². The van der Waals surface area contributed by atoms with E-state index in [1.54, 1.807) is 24.3 Å². The second-order valence-corrected chi connectivity index (χ2v) is 9.49. The molecule has 5 rings (SSSR count). The van der Waals surface area contributed by atoms with E-state index < -0.39 is 24.7 Å². The van der Waals surface area contributed by atoms with Crippen molar-refractivity contribution in [2.75, 3.05) is 38.2 Å². The number of hydrogen-bond donors (Lipinski definition) is 3. The lowest BCUT2D eigenvalue weighted by Crippen LogP contribution is -2.55. The number of carbonyl (C=O) groups is 2. The second kappa shape index (κ2) is 10.2. The smallest absolute Gasteiger partial charge is 0.377 e. The maximum Gasteiger partial charge on any atom is 0.411 e. The van der Waals surface area contributed by atoms with Crippen LogP contribution in [-0.2, 0) is 4.74 Å². The van der Waals surface area contributed by atoms with Crippen molar-refractivity contribution in [3.05, 3.63) is 58.1 Å². The van der Waals surface area contributed by atoms with Crippen LogP contribution >= 0.6 is 11.6 Å². The van der Waals surface area contributed by atoms with E-state index in [2.05, 4.69) is 20.9 Å². The van der Waals surface area contributed by atoms with Gasteiger partial charge < -0.3 is 20.3 Å². The van der Waals surface area contributed by atoms with Crippen LogP contribution in [0, 0.1) is 0 Å². The lowest BCUT2D eigenvalue weighted by Gasteiger charge is -2.36. The van der Waals surface area contributed by atoms with Gasteiger partial charge in [-0.15, -0.1) is 0 Å². The summed E-state index contributed by atoms with van der Waals surface area (Å²) in [6, 6.07) is 7.84. The zero-order valence-electron chi connectivity index (χ0n) is 19.7. The Morgan fingerprint density at radius 1 is 1.16 bits per heavy atom. The van der Waals surface area contributed by atoms with Gasteiger partial charge in [0.1, 0.15) is 0 Å². The van der Waals surface area contributed by atoms with E-state index in [0.717, 1.165) is 23.3 Å². The van der Waals surface area contributed by atoms with Gasteiger partial charge in [0.2, 0.25) is 0 Å². The molecule has 0 radical (unpaired) electrons. The number of aliphatic imine (C=N–C) groups is 1. The maximum atomic E-state index is 13.5. The van der Waals surface area contributed by atoms with Crippen LogP contribution in [0.5, 0.6) is 0 Å². The molecule has 3 N–H and O–H groups in total. The molecule has 3 aliphatic rings. The van der Waals surface area contributed by atoms with Crippen LogP contribution in [0.1, 0.15) is 45.0 Å². The Bertz CT molecular complexity index is 1250. The summed E-state index contributed by atoms with van der Waals surface area (Å²) in [5, 5.41) is 9.00. The third-order valence-corrected chi connectivity index (χ3v) is 6.91. The highest BCUT2D eigenvalue weighted by atomic mass is 35.5. The number of amides is 2. The van der Waals surface area contributed by atoms with Crippen LogP contribution in [0.2, 0.25) is 5.02 Å². The molecule has 37 heavy (non-hydrogen) atoms. The van der Waals surface area contributed by atoms with Crippen molar-refractivity contribution in [1.82, 2.24) is 15.5 Å². The zero-order valence-corrected chi connectivity index (χ0v) is 20.5. The maximum absolute atomic E-state index is 13.5. The lowest BCUT2D eigenvalue weighted by molar-refractivity contribution is -0.202. The SMILES string of the molecule is O=C(NC1=NCCN1)c1ccc(Nc2cccc(C(=O)N3CCOCC3C(F)(F)F)c2Cl)c(C2CC2)c1. The van der Waals surface area contributed by atoms with Gasteiger partial charge in [-0.05, 0) is 54.7 Å². The monoisotopic (exact) mass is 535 g/mol. The highest BCUT2D eigenvalue weighted by Gasteiger charge is 2.47. The van der Waals surface area contributed by atoms with E-state index in [1.165, 1.54) is 6.07 Å². The molecule has 8 nitrogen and oxygen atoms in total. The van der Waals surface area contributed by atoms with Crippen molar-refractivity contribution < 1.29 is 27.5 Å². The van der Waals surface area contributed by atoms with E-state index in [-0.39, 0.29) is 35.6 Å². The third kappa shape index (κ3) is 5.52. The first-order valence-corrected chi connectivity index (χ1v) is 12.3. The molecule has 1 atom stereocenters. The number of ether oxygens (including phenoxy) is 1. The van der Waals surface area contributed by atoms with Crippen LogP contribution in [0.4, 0.5) is 24.5 Å². The van der Waals surface area contributed by atoms with Crippen molar-refractivity contribution in [2.45, 2.75) is 31.0 Å². The summed E-state index contributed by atoms with van der Waals surface area (Å²) in [6.45, 7) is 0.502. The molecule has 0 bridgehead atoms. The fraction of sp³-hybridized carbons (Fsp3) is 0.400. The first kappa shape index (κ1) is 25.3. The predicted molar refractivity (Wildman–Crippen MR) is 133 cm³/mol. The Hall–Kier alpha value is -3.31. The van der Waals surface area contributed by atoms with Crippen molar-refractivity contribution in [3.63, 3.8) is 0 Å². The Kier molecular flexibility index (Phi) is 7.00. The Balaban J connectivity index is 1.39. The van der Waals surface area contributed by atoms with E-state index in [4.69, 9.17) is 16.3 Å². The van der Waals surface area contributed by atoms with E-state index >= 15 is 0 Å². The Morgan fingerprint density at radius 2 is 1.97 bits per heavy atom. The van der Waals surface area contributed by atoms with Crippen LogP contribution in [0.15, 0.2) is 41.4 Å². The molecule has 196 valence electrons. The molecule has 2 amide bonds. The molecule has 0 aromatic heterocycles. The molecule has 2 aromatic rings. The number of halogens is 4. The van der Waals surface area contributed by atoms with Gasteiger partial charge in [0, 0.05) is 24.3 Å². The fourth-order valence-electron chi connectivity index (χ4n) is 4.42. The average Bonchev–Trinajstić information content (AvgIpc) is 3.60. The minimum absolute atomic E-state index is 0.0158. The summed E-state index contributed by atoms with van der Waals surface area (Å²) in [4.78, 5) is 30.7. The highest BCUT2D eigenvalue weighted by molar-refractivity contribution is 6.36. The largest absolute Gasteiger partial charge is 0.411 e. The summed E-state index contributed by atoms with van der Waals surface area (Å²) in [5.74, 6) is -0.378. The standard InChI is InChI=1S/C25H25ClF3N5O3/c26-21-16(23(36)34-10-11-37-13-20(34)25(27,28)29)2-1-3-19(21)32-18-7-6-15(12-17(18)14-4-5-14)22(35)33-24-30-8-9-31-24/h1-3,6-7,12,14,20,32H,4-5,8-11,13H2,(H2,30,31,33,35). The Labute approximate surface area is 216 Å². The summed E-state index contributed by atoms with van der Waals surface area (Å²) in [6.07, 6.45) is -2.68. The van der Waals surface area contributed by atoms with Gasteiger partial charge in [-0.25, -0.2) is 0 Å². The molecule has 1 unspecified atom stereocenters. The van der Waals surface area contributed by atoms with Crippen molar-refractivity contribution in [1.29, 1.82) is 0 Å². The number of benzene rings is 2. The van der Waals surface area contributed by atoms with E-state index in [0.29, 0.717) is 36.0 Å². The number of guanidine groups is 1. The highest BCUT2D eigenvalue weighted by Crippen LogP contribution is 2.45. The zero-order chi connectivity index (χ0) is 26.2. The van der Waals surface area contributed by atoms with E-state index in [9.17, 15) is 22.8 Å². The minimum Gasteiger partial charge on any atom is -0.377 e. The number of hydrogen-bond acceptors (Lipinski definition) is 6. The van der Waals surface area contributed by atoms with Gasteiger partial charge in [0.05, 0.1) is 36.0 Å². The van der Waals surface area contributed by atoms with Crippen molar-refractivity contribution in [3.8, 4) is 0 Å². The molecule has 2 heterocycles. The lowest BCUT2D eigenvalue weighted by atomic mass is 10.0. The molecule has 2 fully saturated rings. The topological polar surface area (TPSA) is 95.1 Å². The Morgan fingerprint density at radius 3 is 2.68 bits per heavy atom. The number of nitrogens with zero attached hydrogens (tertiary/aromatic N) is 2.